The number of halogens is 1. The zero-order valence-electron chi connectivity index (χ0n) is 22.5. The Morgan fingerprint density at radius 2 is 2.00 bits per heavy atom. The molecular weight excluding hydrogens is 584 g/mol. The molecular formula is C30H27BrN8O2. The fourth-order valence-corrected chi connectivity index (χ4v) is 6.75. The number of fused-ring (bicyclic) bond motifs is 4. The number of aryl methyl sites for hydroxylation is 1. The number of nitrogens with one attached hydrogen (secondary N) is 1. The molecule has 2 aliphatic rings. The van der Waals surface area contributed by atoms with Gasteiger partial charge < -0.3 is 20.5 Å². The fourth-order valence-electron chi connectivity index (χ4n) is 6.41. The number of amides is 2. The van der Waals surface area contributed by atoms with Gasteiger partial charge >= 0.3 is 0 Å². The van der Waals surface area contributed by atoms with Crippen LogP contribution >= 0.6 is 15.9 Å². The van der Waals surface area contributed by atoms with Crippen LogP contribution in [0, 0.1) is 12.3 Å². The number of carbonyl (C=O) groups is 2. The molecule has 3 atom stereocenters. The van der Waals surface area contributed by atoms with Gasteiger partial charge in [0, 0.05) is 29.4 Å². The van der Waals surface area contributed by atoms with Crippen molar-refractivity contribution in [1.29, 1.82) is 0 Å². The van der Waals surface area contributed by atoms with E-state index < -0.39 is 6.04 Å². The number of anilines is 2. The number of likely N-dealkylation sites (tertiary alicyclic amines) is 1. The second-order valence-electron chi connectivity index (χ2n) is 11.2. The van der Waals surface area contributed by atoms with Crippen molar-refractivity contribution in [3.63, 3.8) is 0 Å². The Kier molecular flexibility index (Phi) is 5.82. The number of benzene rings is 1. The Hall–Kier alpha value is -4.38. The Balaban J connectivity index is 1.27. The molecule has 206 valence electrons. The van der Waals surface area contributed by atoms with Gasteiger partial charge in [-0.1, -0.05) is 19.1 Å². The molecule has 2 fully saturated rings. The van der Waals surface area contributed by atoms with Crippen LogP contribution in [-0.2, 0) is 16.1 Å². The molecule has 41 heavy (non-hydrogen) atoms. The summed E-state index contributed by atoms with van der Waals surface area (Å²) < 4.78 is 2.54. The van der Waals surface area contributed by atoms with Crippen LogP contribution in [0.3, 0.4) is 0 Å². The van der Waals surface area contributed by atoms with Crippen molar-refractivity contribution in [2.45, 2.75) is 45.3 Å². The monoisotopic (exact) mass is 610 g/mol. The summed E-state index contributed by atoms with van der Waals surface area (Å²) in [5, 5.41) is 4.48. The summed E-state index contributed by atoms with van der Waals surface area (Å²) in [6.45, 7) is 4.18. The lowest BCUT2D eigenvalue weighted by Crippen LogP contribution is -2.46. The van der Waals surface area contributed by atoms with Crippen molar-refractivity contribution in [2.24, 2.45) is 5.41 Å². The Bertz CT molecular complexity index is 1870. The maximum Gasteiger partial charge on any atom is 0.248 e. The molecule has 10 nitrogen and oxygen atoms in total. The van der Waals surface area contributed by atoms with Crippen LogP contribution in [0.2, 0.25) is 0 Å². The maximum absolute atomic E-state index is 14.1. The molecule has 3 N–H and O–H groups in total. The van der Waals surface area contributed by atoms with Gasteiger partial charge in [0.2, 0.25) is 11.8 Å². The molecule has 1 aliphatic heterocycles. The number of piperidine rings is 1. The Labute approximate surface area is 244 Å². The number of hydrogen-bond acceptors (Lipinski definition) is 7. The molecule has 5 aromatic rings. The number of rotatable bonds is 5. The van der Waals surface area contributed by atoms with Crippen molar-refractivity contribution in [1.82, 2.24) is 29.4 Å². The minimum atomic E-state index is -0.585. The molecule has 5 heterocycles. The van der Waals surface area contributed by atoms with Gasteiger partial charge in [0.15, 0.2) is 0 Å². The van der Waals surface area contributed by atoms with E-state index in [4.69, 9.17) is 5.73 Å². The first-order valence-corrected chi connectivity index (χ1v) is 14.2. The number of nitrogens with two attached hydrogens (primary N) is 1. The van der Waals surface area contributed by atoms with Crippen LogP contribution in [-0.4, -0.2) is 53.3 Å². The van der Waals surface area contributed by atoms with Crippen LogP contribution in [0.15, 0.2) is 65.8 Å². The van der Waals surface area contributed by atoms with Gasteiger partial charge in [0.25, 0.3) is 0 Å². The van der Waals surface area contributed by atoms with E-state index in [9.17, 15) is 9.59 Å². The van der Waals surface area contributed by atoms with Gasteiger partial charge in [-0.15, -0.1) is 0 Å². The molecule has 0 radical (unpaired) electrons. The van der Waals surface area contributed by atoms with Gasteiger partial charge in [-0.3, -0.25) is 14.6 Å². The fraction of sp³-hybridized carbons (Fsp3) is 0.267. The quantitative estimate of drug-likeness (QED) is 0.275. The summed E-state index contributed by atoms with van der Waals surface area (Å²) in [5.74, 6) is 0.425. The lowest BCUT2D eigenvalue weighted by molar-refractivity contribution is -0.138. The number of carbonyl (C=O) groups excluding carboxylic acids is 2. The normalized spacial score (nSPS) is 21.3. The van der Waals surface area contributed by atoms with Crippen molar-refractivity contribution in [2.75, 3.05) is 11.1 Å². The first kappa shape index (κ1) is 25.6. The summed E-state index contributed by atoms with van der Waals surface area (Å²) in [5.41, 5.74) is 10.7. The minimum Gasteiger partial charge on any atom is -0.383 e. The van der Waals surface area contributed by atoms with E-state index in [1.54, 1.807) is 29.3 Å². The highest BCUT2D eigenvalue weighted by Gasteiger charge is 2.64. The second kappa shape index (κ2) is 9.34. The van der Waals surface area contributed by atoms with E-state index in [0.717, 1.165) is 34.0 Å². The average molecular weight is 612 g/mol. The highest BCUT2D eigenvalue weighted by atomic mass is 79.9. The SMILES string of the molecule is Cc1cc(-c2cccnc2)cc2c3c(N)ncnc3n(CC(=O)N3[C@H](C(=O)Nc4cccc(Br)n4)C[C@@]4(C)C[C@@H]34)c12. The summed E-state index contributed by atoms with van der Waals surface area (Å²) in [4.78, 5) is 46.7. The highest BCUT2D eigenvalue weighted by Crippen LogP contribution is 2.59. The standard InChI is InChI=1S/C30H27BrN8O2/c1-16-9-18(17-5-4-8-33-13-17)10-19-25-27(32)34-15-35-28(25)38(26(16)19)14-24(40)39-20(11-30(2)12-21(30)39)29(41)37-23-7-3-6-22(31)36-23/h3-10,13,15,20-21H,11-12,14H2,1-2H3,(H2,32,34,35)(H,36,37,41)/t20-,21+,30-/m0/s1. The topological polar surface area (TPSA) is 132 Å². The molecule has 4 aromatic heterocycles. The Morgan fingerprint density at radius 1 is 1.15 bits per heavy atom. The smallest absolute Gasteiger partial charge is 0.248 e. The van der Waals surface area contributed by atoms with E-state index in [1.807, 2.05) is 29.8 Å². The predicted octanol–water partition coefficient (Wildman–Crippen LogP) is 4.71. The lowest BCUT2D eigenvalue weighted by Gasteiger charge is -2.27. The van der Waals surface area contributed by atoms with Crippen molar-refractivity contribution in [3.05, 3.63) is 71.4 Å². The van der Waals surface area contributed by atoms with E-state index in [-0.39, 0.29) is 29.8 Å². The van der Waals surface area contributed by atoms with Gasteiger partial charge in [-0.05, 0) is 82.6 Å². The van der Waals surface area contributed by atoms with E-state index in [0.29, 0.717) is 33.7 Å². The predicted molar refractivity (Wildman–Crippen MR) is 160 cm³/mol. The van der Waals surface area contributed by atoms with Gasteiger partial charge in [-0.2, -0.15) is 0 Å². The lowest BCUT2D eigenvalue weighted by atomic mass is 10.0. The third-order valence-corrected chi connectivity index (χ3v) is 8.87. The summed E-state index contributed by atoms with van der Waals surface area (Å²) in [6.07, 6.45) is 6.47. The molecule has 11 heteroatoms. The molecule has 0 spiro atoms. The molecule has 1 aromatic carbocycles. The number of nitrogen functional groups attached to an aromatic ring is 1. The third-order valence-electron chi connectivity index (χ3n) is 8.43. The molecule has 0 unspecified atom stereocenters. The van der Waals surface area contributed by atoms with E-state index in [1.165, 1.54) is 6.33 Å². The molecule has 1 saturated carbocycles. The van der Waals surface area contributed by atoms with Gasteiger partial charge in [0.1, 0.15) is 40.8 Å². The van der Waals surface area contributed by atoms with E-state index in [2.05, 4.69) is 60.2 Å². The summed E-state index contributed by atoms with van der Waals surface area (Å²) in [7, 11) is 0. The molecule has 0 bridgehead atoms. The largest absolute Gasteiger partial charge is 0.383 e. The first-order chi connectivity index (χ1) is 19.7. The van der Waals surface area contributed by atoms with Crippen molar-refractivity contribution in [3.8, 4) is 11.1 Å². The second-order valence-corrected chi connectivity index (χ2v) is 12.0. The highest BCUT2D eigenvalue weighted by molar-refractivity contribution is 9.10. The van der Waals surface area contributed by atoms with Crippen molar-refractivity contribution < 1.29 is 9.59 Å². The average Bonchev–Trinajstić information content (AvgIpc) is 3.35. The zero-order chi connectivity index (χ0) is 28.5. The van der Waals surface area contributed by atoms with Crippen LogP contribution < -0.4 is 11.1 Å². The van der Waals surface area contributed by atoms with Crippen LogP contribution in [0.4, 0.5) is 11.6 Å². The molecule has 1 saturated heterocycles. The summed E-state index contributed by atoms with van der Waals surface area (Å²) >= 11 is 3.34. The van der Waals surface area contributed by atoms with Crippen LogP contribution in [0.5, 0.6) is 0 Å². The van der Waals surface area contributed by atoms with E-state index >= 15 is 0 Å². The zero-order valence-corrected chi connectivity index (χ0v) is 24.1. The summed E-state index contributed by atoms with van der Waals surface area (Å²) in [6, 6.07) is 12.8. The minimum absolute atomic E-state index is 0.0206. The number of hydrogen-bond donors (Lipinski definition) is 2. The number of pyridine rings is 2. The third kappa shape index (κ3) is 4.22. The Morgan fingerprint density at radius 3 is 2.78 bits per heavy atom. The van der Waals surface area contributed by atoms with Crippen molar-refractivity contribution >= 4 is 61.3 Å². The first-order valence-electron chi connectivity index (χ1n) is 13.4. The van der Waals surface area contributed by atoms with Crippen LogP contribution in [0.1, 0.15) is 25.3 Å². The molecule has 1 aliphatic carbocycles. The number of nitrogens with zero attached hydrogens (tertiary/aromatic N) is 6. The van der Waals surface area contributed by atoms with Crippen LogP contribution in [0.25, 0.3) is 33.1 Å². The maximum atomic E-state index is 14.1. The number of aromatic nitrogens is 5. The molecule has 2 amide bonds. The van der Waals surface area contributed by atoms with Gasteiger partial charge in [-0.25, -0.2) is 15.0 Å². The van der Waals surface area contributed by atoms with Gasteiger partial charge in [0.05, 0.1) is 10.9 Å². The molecule has 7 rings (SSSR count).